The lowest BCUT2D eigenvalue weighted by Crippen LogP contribution is -3.08. The molecule has 0 saturated heterocycles. The number of nitrogens with zero attached hydrogens (tertiary/aromatic N) is 1. The van der Waals surface area contributed by atoms with E-state index in [-0.39, 0.29) is 16.8 Å². The molecule has 0 saturated carbocycles. The average molecular weight is 421 g/mol. The lowest BCUT2D eigenvalue weighted by Gasteiger charge is -2.21. The van der Waals surface area contributed by atoms with Crippen molar-refractivity contribution in [2.45, 2.75) is 31.3 Å². The van der Waals surface area contributed by atoms with Crippen molar-refractivity contribution in [2.24, 2.45) is 0 Å². The van der Waals surface area contributed by atoms with Crippen LogP contribution in [0.3, 0.4) is 0 Å². The summed E-state index contributed by atoms with van der Waals surface area (Å²) in [4.78, 5) is 13.5. The molecule has 2 aromatic carbocycles. The molecule has 0 aromatic heterocycles. The van der Waals surface area contributed by atoms with Gasteiger partial charge < -0.3 is 15.0 Å². The topological polar surface area (TPSA) is 80.1 Å². The van der Waals surface area contributed by atoms with E-state index in [1.54, 1.807) is 26.3 Å². The summed E-state index contributed by atoms with van der Waals surface area (Å²) in [5.41, 5.74) is 1.68. The molecule has 1 unspecified atom stereocenters. The molecule has 2 rings (SSSR count). The molecule has 0 bridgehead atoms. The zero-order chi connectivity index (χ0) is 21.6. The van der Waals surface area contributed by atoms with Crippen LogP contribution < -0.4 is 15.0 Å². The molecular formula is C21H30N3O4S+. The summed E-state index contributed by atoms with van der Waals surface area (Å²) >= 11 is 0. The van der Waals surface area contributed by atoms with Crippen molar-refractivity contribution in [1.29, 1.82) is 0 Å². The van der Waals surface area contributed by atoms with Crippen LogP contribution in [0.4, 0.5) is 5.69 Å². The third-order valence-corrected chi connectivity index (χ3v) is 6.72. The van der Waals surface area contributed by atoms with E-state index in [2.05, 4.69) is 5.32 Å². The largest absolute Gasteiger partial charge is 0.497 e. The fourth-order valence-corrected chi connectivity index (χ4v) is 4.16. The lowest BCUT2D eigenvalue weighted by molar-refractivity contribution is -0.885. The third kappa shape index (κ3) is 6.28. The van der Waals surface area contributed by atoms with E-state index in [1.807, 2.05) is 45.2 Å². The Morgan fingerprint density at radius 1 is 1.10 bits per heavy atom. The molecule has 0 radical (unpaired) electrons. The molecule has 2 N–H and O–H groups in total. The van der Waals surface area contributed by atoms with Gasteiger partial charge in [-0.05, 0) is 62.4 Å². The Bertz CT molecular complexity index is 910. The van der Waals surface area contributed by atoms with Gasteiger partial charge in [0.15, 0.2) is 6.54 Å². The van der Waals surface area contributed by atoms with Gasteiger partial charge in [-0.25, -0.2) is 8.42 Å². The number of rotatable bonds is 9. The second-order valence-corrected chi connectivity index (χ2v) is 9.34. The number of carbonyl (C=O) groups is 1. The van der Waals surface area contributed by atoms with Crippen LogP contribution in [0.1, 0.15) is 19.4 Å². The summed E-state index contributed by atoms with van der Waals surface area (Å²) < 4.78 is 31.5. The van der Waals surface area contributed by atoms with Crippen molar-refractivity contribution in [1.82, 2.24) is 4.31 Å². The molecule has 0 heterocycles. The number of amides is 1. The second-order valence-electron chi connectivity index (χ2n) is 7.35. The minimum absolute atomic E-state index is 0.133. The quantitative estimate of drug-likeness (QED) is 0.642. The zero-order valence-electron chi connectivity index (χ0n) is 17.6. The van der Waals surface area contributed by atoms with E-state index in [9.17, 15) is 13.2 Å². The van der Waals surface area contributed by atoms with Crippen LogP contribution in [-0.2, 0) is 21.4 Å². The number of hydrogen-bond acceptors (Lipinski definition) is 4. The number of benzene rings is 2. The Morgan fingerprint density at radius 3 is 2.21 bits per heavy atom. The molecule has 158 valence electrons. The molecule has 2 aromatic rings. The zero-order valence-corrected chi connectivity index (χ0v) is 18.4. The molecule has 0 aliphatic carbocycles. The van der Waals surface area contributed by atoms with Crippen molar-refractivity contribution in [3.05, 3.63) is 54.1 Å². The first kappa shape index (κ1) is 22.9. The van der Waals surface area contributed by atoms with E-state index in [1.165, 1.54) is 16.4 Å². The Hall–Kier alpha value is -2.42. The minimum Gasteiger partial charge on any atom is -0.497 e. The Morgan fingerprint density at radius 2 is 1.69 bits per heavy atom. The number of carbonyl (C=O) groups excluding carboxylic acids is 1. The van der Waals surface area contributed by atoms with Crippen LogP contribution >= 0.6 is 0 Å². The molecule has 8 heteroatoms. The fraction of sp³-hybridized carbons (Fsp3) is 0.381. The van der Waals surface area contributed by atoms with Crippen LogP contribution in [-0.4, -0.2) is 52.4 Å². The summed E-state index contributed by atoms with van der Waals surface area (Å²) in [7, 11) is 1.59. The first-order valence-electron chi connectivity index (χ1n) is 9.45. The van der Waals surface area contributed by atoms with Crippen molar-refractivity contribution in [2.75, 3.05) is 33.1 Å². The number of hydrogen-bond donors (Lipinski definition) is 2. The Balaban J connectivity index is 1.93. The third-order valence-electron chi connectivity index (χ3n) is 4.67. The van der Waals surface area contributed by atoms with Gasteiger partial charge in [-0.2, -0.15) is 4.31 Å². The maximum atomic E-state index is 12.5. The van der Waals surface area contributed by atoms with E-state index in [4.69, 9.17) is 4.74 Å². The summed E-state index contributed by atoms with van der Waals surface area (Å²) in [5, 5.41) is 2.82. The van der Waals surface area contributed by atoms with Crippen molar-refractivity contribution < 1.29 is 22.8 Å². The minimum atomic E-state index is -3.53. The molecular weight excluding hydrogens is 390 g/mol. The van der Waals surface area contributed by atoms with Crippen LogP contribution in [0.5, 0.6) is 5.75 Å². The SMILES string of the molecule is COc1ccc(C[NH+](C)CC(=O)Nc2ccc(S(=O)(=O)N(C)C(C)C)cc2)cc1. The monoisotopic (exact) mass is 420 g/mol. The molecule has 0 fully saturated rings. The van der Waals surface area contributed by atoms with Gasteiger partial charge in [-0.3, -0.25) is 4.79 Å². The predicted octanol–water partition coefficient (Wildman–Crippen LogP) is 1.38. The number of ether oxygens (including phenoxy) is 1. The van der Waals surface area contributed by atoms with E-state index in [0.717, 1.165) is 16.2 Å². The highest BCUT2D eigenvalue weighted by atomic mass is 32.2. The molecule has 0 aliphatic rings. The van der Waals surface area contributed by atoms with Gasteiger partial charge in [0.2, 0.25) is 10.0 Å². The molecule has 1 amide bonds. The van der Waals surface area contributed by atoms with Crippen LogP contribution in [0.25, 0.3) is 0 Å². The van der Waals surface area contributed by atoms with Crippen molar-refractivity contribution in [3.63, 3.8) is 0 Å². The Kier molecular flexibility index (Phi) is 7.78. The first-order chi connectivity index (χ1) is 13.6. The highest BCUT2D eigenvalue weighted by molar-refractivity contribution is 7.89. The summed E-state index contributed by atoms with van der Waals surface area (Å²) in [6.45, 7) is 4.63. The molecule has 29 heavy (non-hydrogen) atoms. The average Bonchev–Trinajstić information content (AvgIpc) is 2.68. The fourth-order valence-electron chi connectivity index (χ4n) is 2.79. The van der Waals surface area contributed by atoms with Crippen LogP contribution in [0.2, 0.25) is 0 Å². The maximum absolute atomic E-state index is 12.5. The second kappa shape index (κ2) is 9.87. The van der Waals surface area contributed by atoms with Gasteiger partial charge in [-0.15, -0.1) is 0 Å². The van der Waals surface area contributed by atoms with Gasteiger partial charge in [0.1, 0.15) is 12.3 Å². The van der Waals surface area contributed by atoms with E-state index < -0.39 is 10.0 Å². The standard InChI is InChI=1S/C21H29N3O4S/c1-16(2)24(4)29(26,27)20-12-8-18(9-13-20)22-21(25)15-23(3)14-17-6-10-19(28-5)11-7-17/h6-13,16H,14-15H2,1-5H3,(H,22,25)/p+1. The van der Waals surface area contributed by atoms with Crippen LogP contribution in [0, 0.1) is 0 Å². The maximum Gasteiger partial charge on any atom is 0.279 e. The van der Waals surface area contributed by atoms with Gasteiger partial charge >= 0.3 is 0 Å². The predicted molar refractivity (Wildman–Crippen MR) is 114 cm³/mol. The summed E-state index contributed by atoms with van der Waals surface area (Å²) in [5.74, 6) is 0.667. The number of sulfonamides is 1. The van der Waals surface area contributed by atoms with Crippen molar-refractivity contribution in [3.8, 4) is 5.75 Å². The molecule has 0 aliphatic heterocycles. The van der Waals surface area contributed by atoms with E-state index >= 15 is 0 Å². The smallest absolute Gasteiger partial charge is 0.279 e. The molecule has 0 spiro atoms. The molecule has 1 atom stereocenters. The van der Waals surface area contributed by atoms with Crippen molar-refractivity contribution >= 4 is 21.6 Å². The summed E-state index contributed by atoms with van der Waals surface area (Å²) in [6, 6.07) is 13.9. The highest BCUT2D eigenvalue weighted by Gasteiger charge is 2.23. The number of methoxy groups -OCH3 is 1. The Labute approximate surface area is 173 Å². The number of quaternary nitrogens is 1. The molecule has 7 nitrogen and oxygen atoms in total. The van der Waals surface area contributed by atoms with Gasteiger partial charge in [0.25, 0.3) is 5.91 Å². The van der Waals surface area contributed by atoms with Gasteiger partial charge in [0.05, 0.1) is 19.1 Å². The first-order valence-corrected chi connectivity index (χ1v) is 10.9. The van der Waals surface area contributed by atoms with E-state index in [0.29, 0.717) is 18.8 Å². The van der Waals surface area contributed by atoms with Gasteiger partial charge in [-0.1, -0.05) is 0 Å². The number of likely N-dealkylation sites (N-methyl/N-ethyl adjacent to an activating group) is 1. The van der Waals surface area contributed by atoms with Gasteiger partial charge in [0, 0.05) is 24.3 Å². The normalized spacial score (nSPS) is 12.8. The summed E-state index contributed by atoms with van der Waals surface area (Å²) in [6.07, 6.45) is 0. The highest BCUT2D eigenvalue weighted by Crippen LogP contribution is 2.19. The lowest BCUT2D eigenvalue weighted by atomic mass is 10.2. The van der Waals surface area contributed by atoms with Crippen LogP contribution in [0.15, 0.2) is 53.4 Å². The number of anilines is 1. The number of nitrogens with one attached hydrogen (secondary N) is 2.